The summed E-state index contributed by atoms with van der Waals surface area (Å²) in [7, 11) is 0. The number of nitrogens with zero attached hydrogens (tertiary/aromatic N) is 2. The fourth-order valence-corrected chi connectivity index (χ4v) is 3.87. The molecule has 1 heterocycles. The highest BCUT2D eigenvalue weighted by Gasteiger charge is 2.36. The van der Waals surface area contributed by atoms with Gasteiger partial charge in [-0.25, -0.2) is 4.79 Å². The molecule has 3 aromatic carbocycles. The minimum Gasteiger partial charge on any atom is -0.444 e. The zero-order valence-electron chi connectivity index (χ0n) is 17.8. The summed E-state index contributed by atoms with van der Waals surface area (Å²) >= 11 is 0. The van der Waals surface area contributed by atoms with E-state index in [9.17, 15) is 19.7 Å². The van der Waals surface area contributed by atoms with Gasteiger partial charge < -0.3 is 10.1 Å². The summed E-state index contributed by atoms with van der Waals surface area (Å²) in [5.41, 5.74) is 3.09. The van der Waals surface area contributed by atoms with E-state index in [1.165, 1.54) is 17.0 Å². The molecule has 168 valence electrons. The van der Waals surface area contributed by atoms with Gasteiger partial charge >= 0.3 is 6.09 Å². The maximum atomic E-state index is 13.1. The lowest BCUT2D eigenvalue weighted by atomic mass is 9.93. The number of hydrogen-bond acceptors (Lipinski definition) is 6. The van der Waals surface area contributed by atoms with Crippen LogP contribution >= 0.6 is 0 Å². The van der Waals surface area contributed by atoms with E-state index in [2.05, 4.69) is 5.32 Å². The molecule has 1 aliphatic rings. The monoisotopic (exact) mass is 445 g/mol. The summed E-state index contributed by atoms with van der Waals surface area (Å²) < 4.78 is 5.55. The van der Waals surface area contributed by atoms with Gasteiger partial charge in [-0.15, -0.1) is 0 Å². The van der Waals surface area contributed by atoms with Gasteiger partial charge in [-0.1, -0.05) is 48.5 Å². The number of rotatable bonds is 7. The van der Waals surface area contributed by atoms with Crippen molar-refractivity contribution in [1.82, 2.24) is 0 Å². The molecule has 0 spiro atoms. The molecule has 3 aromatic rings. The smallest absolute Gasteiger partial charge is 0.415 e. The average molecular weight is 445 g/mol. The van der Waals surface area contributed by atoms with Gasteiger partial charge in [0, 0.05) is 17.8 Å². The largest absolute Gasteiger partial charge is 0.444 e. The fraction of sp³-hybridized carbons (Fsp3) is 0.200. The summed E-state index contributed by atoms with van der Waals surface area (Å²) in [5.74, 6) is -0.167. The van der Waals surface area contributed by atoms with Crippen molar-refractivity contribution >= 4 is 28.9 Å². The van der Waals surface area contributed by atoms with Crippen LogP contribution in [0.2, 0.25) is 0 Å². The van der Waals surface area contributed by atoms with Crippen LogP contribution in [0, 0.1) is 10.1 Å². The minimum absolute atomic E-state index is 0.0207. The molecule has 4 rings (SSSR count). The van der Waals surface area contributed by atoms with Crippen molar-refractivity contribution in [3.05, 3.63) is 100 Å². The number of Topliss-reactive ketones (excluding diaryl/α,β-unsaturated/α-hetero) is 1. The Hall–Kier alpha value is -4.20. The van der Waals surface area contributed by atoms with Crippen molar-refractivity contribution in [3.8, 4) is 0 Å². The summed E-state index contributed by atoms with van der Waals surface area (Å²) in [6, 6.07) is 22.0. The van der Waals surface area contributed by atoms with Gasteiger partial charge in [-0.3, -0.25) is 19.8 Å². The number of nitrogens with one attached hydrogen (secondary N) is 1. The molecule has 0 bridgehead atoms. The molecule has 8 nitrogen and oxygen atoms in total. The van der Waals surface area contributed by atoms with Crippen LogP contribution in [-0.2, 0) is 22.6 Å². The SMILES string of the molecule is O=C(CNc1ccc([N+](=O)[O-])cc1)C1CCc2ccccc2N1C(=O)OCc1ccccc1. The number of ether oxygens (including phenoxy) is 1. The molecule has 1 atom stereocenters. The molecule has 0 saturated heterocycles. The summed E-state index contributed by atoms with van der Waals surface area (Å²) in [6.07, 6.45) is 0.588. The molecule has 8 heteroatoms. The third kappa shape index (κ3) is 5.17. The summed E-state index contributed by atoms with van der Waals surface area (Å²) in [6.45, 7) is 0.0907. The minimum atomic E-state index is -0.672. The standard InChI is InChI=1S/C25H23N3O5/c29-24(16-26-20-11-13-21(14-12-20)28(31)32)23-15-10-19-8-4-5-9-22(19)27(23)25(30)33-17-18-6-2-1-3-7-18/h1-9,11-14,23,26H,10,15-17H2. The Kier molecular flexibility index (Phi) is 6.64. The first-order valence-electron chi connectivity index (χ1n) is 10.6. The third-order valence-electron chi connectivity index (χ3n) is 5.57. The average Bonchev–Trinajstić information content (AvgIpc) is 2.86. The molecule has 0 aliphatic carbocycles. The number of benzene rings is 3. The highest BCUT2D eigenvalue weighted by Crippen LogP contribution is 2.32. The van der Waals surface area contributed by atoms with Crippen LogP contribution in [0.15, 0.2) is 78.9 Å². The molecule has 0 radical (unpaired) electrons. The van der Waals surface area contributed by atoms with Crippen molar-refractivity contribution in [3.63, 3.8) is 0 Å². The number of nitro benzene ring substituents is 1. The maximum Gasteiger partial charge on any atom is 0.415 e. The Morgan fingerprint density at radius 3 is 2.42 bits per heavy atom. The van der Waals surface area contributed by atoms with Crippen molar-refractivity contribution < 1.29 is 19.2 Å². The van der Waals surface area contributed by atoms with E-state index in [4.69, 9.17) is 4.74 Å². The number of nitro groups is 1. The molecule has 0 fully saturated rings. The molecule has 0 aromatic heterocycles. The van der Waals surface area contributed by atoms with E-state index in [-0.39, 0.29) is 24.6 Å². The summed E-state index contributed by atoms with van der Waals surface area (Å²) in [5, 5.41) is 13.8. The normalized spacial score (nSPS) is 14.8. The zero-order chi connectivity index (χ0) is 23.2. The van der Waals surface area contributed by atoms with Gasteiger partial charge in [0.25, 0.3) is 5.69 Å². The van der Waals surface area contributed by atoms with Crippen molar-refractivity contribution in [2.75, 3.05) is 16.8 Å². The number of aryl methyl sites for hydroxylation is 1. The van der Waals surface area contributed by atoms with E-state index in [0.717, 1.165) is 11.1 Å². The lowest BCUT2D eigenvalue weighted by Gasteiger charge is -2.35. The number of anilines is 2. The molecule has 1 amide bonds. The predicted octanol–water partition coefficient (Wildman–Crippen LogP) is 4.73. The van der Waals surface area contributed by atoms with Gasteiger partial charge in [0.2, 0.25) is 0 Å². The maximum absolute atomic E-state index is 13.1. The van der Waals surface area contributed by atoms with Crippen LogP contribution in [0.25, 0.3) is 0 Å². The van der Waals surface area contributed by atoms with Gasteiger partial charge in [-0.2, -0.15) is 0 Å². The molecular weight excluding hydrogens is 422 g/mol. The first kappa shape index (κ1) is 22.0. The van der Waals surface area contributed by atoms with Crippen LogP contribution in [0.4, 0.5) is 21.9 Å². The lowest BCUT2D eigenvalue weighted by molar-refractivity contribution is -0.384. The Morgan fingerprint density at radius 1 is 1.00 bits per heavy atom. The molecule has 33 heavy (non-hydrogen) atoms. The van der Waals surface area contributed by atoms with Crippen LogP contribution in [0.3, 0.4) is 0 Å². The van der Waals surface area contributed by atoms with Gasteiger partial charge in [0.05, 0.1) is 17.2 Å². The molecule has 1 aliphatic heterocycles. The molecule has 1 unspecified atom stereocenters. The van der Waals surface area contributed by atoms with E-state index in [1.807, 2.05) is 54.6 Å². The highest BCUT2D eigenvalue weighted by atomic mass is 16.6. The van der Waals surface area contributed by atoms with Crippen LogP contribution < -0.4 is 10.2 Å². The number of hydrogen-bond donors (Lipinski definition) is 1. The molecular formula is C25H23N3O5. The van der Waals surface area contributed by atoms with Crippen molar-refractivity contribution in [1.29, 1.82) is 0 Å². The molecule has 0 saturated carbocycles. The van der Waals surface area contributed by atoms with Crippen LogP contribution in [-0.4, -0.2) is 29.4 Å². The van der Waals surface area contributed by atoms with E-state index >= 15 is 0 Å². The van der Waals surface area contributed by atoms with Crippen LogP contribution in [0.1, 0.15) is 17.5 Å². The van der Waals surface area contributed by atoms with Gasteiger partial charge in [-0.05, 0) is 42.2 Å². The second kappa shape index (κ2) is 9.95. The number of fused-ring (bicyclic) bond motifs is 1. The van der Waals surface area contributed by atoms with E-state index in [0.29, 0.717) is 24.2 Å². The number of para-hydroxylation sites is 1. The number of ketones is 1. The van der Waals surface area contributed by atoms with Crippen molar-refractivity contribution in [2.45, 2.75) is 25.5 Å². The van der Waals surface area contributed by atoms with Crippen LogP contribution in [0.5, 0.6) is 0 Å². The number of amides is 1. The second-order valence-corrected chi connectivity index (χ2v) is 7.72. The second-order valence-electron chi connectivity index (χ2n) is 7.72. The summed E-state index contributed by atoms with van der Waals surface area (Å²) in [4.78, 5) is 38.0. The predicted molar refractivity (Wildman–Crippen MR) is 124 cm³/mol. The quantitative estimate of drug-likeness (QED) is 0.417. The van der Waals surface area contributed by atoms with E-state index < -0.39 is 17.1 Å². The molecule has 1 N–H and O–H groups in total. The number of non-ortho nitro benzene ring substituents is 1. The lowest BCUT2D eigenvalue weighted by Crippen LogP contribution is -2.50. The topological polar surface area (TPSA) is 102 Å². The first-order valence-corrected chi connectivity index (χ1v) is 10.6. The fourth-order valence-electron chi connectivity index (χ4n) is 3.87. The first-order chi connectivity index (χ1) is 16.0. The Morgan fingerprint density at radius 2 is 1.70 bits per heavy atom. The Balaban J connectivity index is 1.48. The number of carbonyl (C=O) groups is 2. The zero-order valence-corrected chi connectivity index (χ0v) is 17.8. The number of carbonyl (C=O) groups excluding carboxylic acids is 2. The van der Waals surface area contributed by atoms with Crippen molar-refractivity contribution in [2.24, 2.45) is 0 Å². The third-order valence-corrected chi connectivity index (χ3v) is 5.57. The Labute approximate surface area is 190 Å². The van der Waals surface area contributed by atoms with Gasteiger partial charge in [0.1, 0.15) is 12.6 Å². The highest BCUT2D eigenvalue weighted by molar-refractivity contribution is 6.01. The Bertz CT molecular complexity index is 1150. The van der Waals surface area contributed by atoms with E-state index in [1.54, 1.807) is 12.1 Å². The van der Waals surface area contributed by atoms with Gasteiger partial charge in [0.15, 0.2) is 5.78 Å².